The van der Waals surface area contributed by atoms with Crippen molar-refractivity contribution in [1.82, 2.24) is 0 Å². The molecule has 0 spiro atoms. The zero-order valence-corrected chi connectivity index (χ0v) is 16.9. The molecule has 0 radical (unpaired) electrons. The molecule has 3 rings (SSSR count). The lowest BCUT2D eigenvalue weighted by atomic mass is 9.69. The van der Waals surface area contributed by atoms with Gasteiger partial charge in [0.05, 0.1) is 19.3 Å². The Labute approximate surface area is 166 Å². The highest BCUT2D eigenvalue weighted by Crippen LogP contribution is 2.44. The Bertz CT molecular complexity index is 495. The van der Waals surface area contributed by atoms with Gasteiger partial charge in [-0.15, -0.1) is 0 Å². The molecular weight excluding hydrogens is 372 g/mol. The second-order valence-corrected chi connectivity index (χ2v) is 9.05. The van der Waals surface area contributed by atoms with Gasteiger partial charge in [-0.1, -0.05) is 13.3 Å². The van der Waals surface area contributed by atoms with Crippen molar-refractivity contribution in [3.63, 3.8) is 0 Å². The fraction of sp³-hybridized carbons (Fsp3) is 0.909. The molecule has 6 heteroatoms. The van der Waals surface area contributed by atoms with Crippen LogP contribution in [0.25, 0.3) is 0 Å². The standard InChI is InChI=1S/C22H34F4O2/c1-2-3-15-13-27-21(28-14-15)19-10-6-17(7-11-19)16-4-8-18(9-5-16)20(23)12-22(24,25)26/h12,15-19,21H,2-11,13-14H2,1H3/b20-12-. The van der Waals surface area contributed by atoms with Gasteiger partial charge in [0.2, 0.25) is 0 Å². The third kappa shape index (κ3) is 6.19. The molecule has 3 fully saturated rings. The second-order valence-electron chi connectivity index (χ2n) is 9.05. The van der Waals surface area contributed by atoms with Crippen LogP contribution in [-0.2, 0) is 9.47 Å². The van der Waals surface area contributed by atoms with Gasteiger partial charge >= 0.3 is 6.18 Å². The smallest absolute Gasteiger partial charge is 0.352 e. The summed E-state index contributed by atoms with van der Waals surface area (Å²) in [5.41, 5.74) is 0. The quantitative estimate of drug-likeness (QED) is 0.467. The molecule has 2 aliphatic carbocycles. The molecule has 2 saturated carbocycles. The lowest BCUT2D eigenvalue weighted by Crippen LogP contribution is -2.39. The van der Waals surface area contributed by atoms with Crippen LogP contribution in [0.4, 0.5) is 17.6 Å². The molecule has 0 amide bonds. The Kier molecular flexibility index (Phi) is 7.82. The average Bonchev–Trinajstić information content (AvgIpc) is 2.68. The van der Waals surface area contributed by atoms with Gasteiger partial charge in [-0.3, -0.25) is 0 Å². The Hall–Kier alpha value is -0.620. The lowest BCUT2D eigenvalue weighted by molar-refractivity contribution is -0.230. The van der Waals surface area contributed by atoms with Crippen LogP contribution >= 0.6 is 0 Å². The predicted molar refractivity (Wildman–Crippen MR) is 100 cm³/mol. The van der Waals surface area contributed by atoms with E-state index in [0.717, 1.165) is 64.6 Å². The SMILES string of the molecule is CCCC1COC(C2CCC(C3CCC(/C(F)=C/C(F)(F)F)CC3)CC2)OC1. The van der Waals surface area contributed by atoms with Crippen LogP contribution in [0, 0.1) is 29.6 Å². The molecule has 162 valence electrons. The zero-order valence-electron chi connectivity index (χ0n) is 16.9. The number of ether oxygens (including phenoxy) is 2. The van der Waals surface area contributed by atoms with Crippen LogP contribution in [0.1, 0.15) is 71.1 Å². The monoisotopic (exact) mass is 406 g/mol. The lowest BCUT2D eigenvalue weighted by Gasteiger charge is -2.41. The molecule has 3 aliphatic rings. The summed E-state index contributed by atoms with van der Waals surface area (Å²) in [6.45, 7) is 3.79. The van der Waals surface area contributed by atoms with Crippen molar-refractivity contribution in [2.24, 2.45) is 29.6 Å². The maximum Gasteiger partial charge on any atom is 0.412 e. The van der Waals surface area contributed by atoms with Gasteiger partial charge in [0.15, 0.2) is 6.29 Å². The summed E-state index contributed by atoms with van der Waals surface area (Å²) in [4.78, 5) is 0. The largest absolute Gasteiger partial charge is 0.412 e. The molecule has 1 aliphatic heterocycles. The molecule has 2 nitrogen and oxygen atoms in total. The normalized spacial score (nSPS) is 38.4. The van der Waals surface area contributed by atoms with Crippen LogP contribution in [0.5, 0.6) is 0 Å². The first kappa shape index (κ1) is 22.1. The highest BCUT2D eigenvalue weighted by Gasteiger charge is 2.37. The average molecular weight is 407 g/mol. The molecule has 1 saturated heterocycles. The van der Waals surface area contributed by atoms with Gasteiger partial charge in [0, 0.05) is 17.8 Å². The number of allylic oxidation sites excluding steroid dienone is 2. The van der Waals surface area contributed by atoms with Crippen LogP contribution in [0.15, 0.2) is 11.9 Å². The molecule has 0 atom stereocenters. The first-order chi connectivity index (χ1) is 13.4. The van der Waals surface area contributed by atoms with Crippen LogP contribution in [-0.4, -0.2) is 25.7 Å². The van der Waals surface area contributed by atoms with Crippen molar-refractivity contribution in [2.75, 3.05) is 13.2 Å². The highest BCUT2D eigenvalue weighted by atomic mass is 19.4. The van der Waals surface area contributed by atoms with Crippen molar-refractivity contribution in [1.29, 1.82) is 0 Å². The van der Waals surface area contributed by atoms with E-state index < -0.39 is 17.9 Å². The van der Waals surface area contributed by atoms with E-state index in [-0.39, 0.29) is 12.4 Å². The topological polar surface area (TPSA) is 18.5 Å². The number of hydrogen-bond donors (Lipinski definition) is 0. The number of rotatable bonds is 5. The molecule has 1 heterocycles. The summed E-state index contributed by atoms with van der Waals surface area (Å²) in [5.74, 6) is 0.597. The van der Waals surface area contributed by atoms with Crippen LogP contribution < -0.4 is 0 Å². The Balaban J connectivity index is 1.39. The molecule has 0 aromatic rings. The fourth-order valence-corrected chi connectivity index (χ4v) is 5.43. The maximum atomic E-state index is 13.8. The van der Waals surface area contributed by atoms with E-state index in [1.54, 1.807) is 0 Å². The van der Waals surface area contributed by atoms with Crippen molar-refractivity contribution >= 4 is 0 Å². The van der Waals surface area contributed by atoms with Crippen LogP contribution in [0.3, 0.4) is 0 Å². The number of alkyl halides is 3. The minimum atomic E-state index is -4.56. The molecule has 0 aromatic heterocycles. The van der Waals surface area contributed by atoms with Gasteiger partial charge in [-0.2, -0.15) is 13.2 Å². The van der Waals surface area contributed by atoms with E-state index in [1.165, 1.54) is 0 Å². The van der Waals surface area contributed by atoms with E-state index in [1.807, 2.05) is 0 Å². The molecule has 28 heavy (non-hydrogen) atoms. The van der Waals surface area contributed by atoms with E-state index >= 15 is 0 Å². The van der Waals surface area contributed by atoms with Crippen LogP contribution in [0.2, 0.25) is 0 Å². The number of hydrogen-bond acceptors (Lipinski definition) is 2. The van der Waals surface area contributed by atoms with Gasteiger partial charge in [-0.25, -0.2) is 4.39 Å². The van der Waals surface area contributed by atoms with Crippen molar-refractivity contribution in [2.45, 2.75) is 83.6 Å². The minimum Gasteiger partial charge on any atom is -0.352 e. The minimum absolute atomic E-state index is 0.0635. The number of halogens is 4. The summed E-state index contributed by atoms with van der Waals surface area (Å²) in [7, 11) is 0. The summed E-state index contributed by atoms with van der Waals surface area (Å²) in [6, 6.07) is 0. The van der Waals surface area contributed by atoms with Crippen molar-refractivity contribution < 1.29 is 27.0 Å². The first-order valence-electron chi connectivity index (χ1n) is 11.0. The fourth-order valence-electron chi connectivity index (χ4n) is 5.43. The van der Waals surface area contributed by atoms with E-state index in [0.29, 0.717) is 36.5 Å². The van der Waals surface area contributed by atoms with Gasteiger partial charge in [0.1, 0.15) is 5.83 Å². The molecule has 0 aromatic carbocycles. The summed E-state index contributed by atoms with van der Waals surface area (Å²) in [6.07, 6.45) is 4.74. The van der Waals surface area contributed by atoms with Crippen molar-refractivity contribution in [3.8, 4) is 0 Å². The highest BCUT2D eigenvalue weighted by molar-refractivity contribution is 5.03. The predicted octanol–water partition coefficient (Wildman–Crippen LogP) is 6.80. The van der Waals surface area contributed by atoms with Gasteiger partial charge in [0.25, 0.3) is 0 Å². The first-order valence-corrected chi connectivity index (χ1v) is 11.0. The van der Waals surface area contributed by atoms with Gasteiger partial charge < -0.3 is 9.47 Å². The Morgan fingerprint density at radius 2 is 1.36 bits per heavy atom. The van der Waals surface area contributed by atoms with Gasteiger partial charge in [-0.05, 0) is 69.6 Å². The summed E-state index contributed by atoms with van der Waals surface area (Å²) < 4.78 is 62.8. The Morgan fingerprint density at radius 1 is 0.857 bits per heavy atom. The summed E-state index contributed by atoms with van der Waals surface area (Å²) >= 11 is 0. The Morgan fingerprint density at radius 3 is 1.86 bits per heavy atom. The zero-order chi connectivity index (χ0) is 20.1. The van der Waals surface area contributed by atoms with E-state index in [9.17, 15) is 17.6 Å². The summed E-state index contributed by atoms with van der Waals surface area (Å²) in [5, 5.41) is 0. The van der Waals surface area contributed by atoms with E-state index in [4.69, 9.17) is 9.47 Å². The van der Waals surface area contributed by atoms with Crippen molar-refractivity contribution in [3.05, 3.63) is 11.9 Å². The van der Waals surface area contributed by atoms with E-state index in [2.05, 4.69) is 6.92 Å². The third-order valence-electron chi connectivity index (χ3n) is 7.02. The molecule has 0 bridgehead atoms. The molecular formula is C22H34F4O2. The molecule has 0 N–H and O–H groups in total. The maximum absolute atomic E-state index is 13.8. The third-order valence-corrected chi connectivity index (χ3v) is 7.02. The second kappa shape index (κ2) is 9.92. The molecule has 0 unspecified atom stereocenters.